The molecule has 17 heavy (non-hydrogen) atoms. The van der Waals surface area contributed by atoms with Crippen molar-refractivity contribution in [3.05, 3.63) is 30.3 Å². The summed E-state index contributed by atoms with van der Waals surface area (Å²) in [5.41, 5.74) is 0.859. The van der Waals surface area contributed by atoms with Crippen LogP contribution in [0.15, 0.2) is 30.3 Å². The molecule has 0 unspecified atom stereocenters. The van der Waals surface area contributed by atoms with E-state index in [1.807, 2.05) is 37.3 Å². The summed E-state index contributed by atoms with van der Waals surface area (Å²) in [6.45, 7) is 2.64. The van der Waals surface area contributed by atoms with Crippen LogP contribution in [0.1, 0.15) is 13.3 Å². The zero-order valence-corrected chi connectivity index (χ0v) is 10.1. The van der Waals surface area contributed by atoms with Crippen LogP contribution in [0.4, 0.5) is 4.79 Å². The summed E-state index contributed by atoms with van der Waals surface area (Å²) >= 11 is 0. The number of benzene rings is 1. The van der Waals surface area contributed by atoms with E-state index in [-0.39, 0.29) is 6.03 Å². The number of aromatic nitrogens is 1. The number of carbonyl (C=O) groups excluding carboxylic acids is 1. The van der Waals surface area contributed by atoms with Crippen molar-refractivity contribution in [3.63, 3.8) is 0 Å². The number of carbonyl (C=O) groups is 1. The van der Waals surface area contributed by atoms with Gasteiger partial charge in [0.05, 0.1) is 12.1 Å². The molecule has 4 nitrogen and oxygen atoms in total. The smallest absolute Gasteiger partial charge is 0.328 e. The lowest BCUT2D eigenvalue weighted by Gasteiger charge is -2.09. The van der Waals surface area contributed by atoms with Crippen molar-refractivity contribution in [2.24, 2.45) is 0 Å². The van der Waals surface area contributed by atoms with Crippen molar-refractivity contribution in [2.75, 3.05) is 13.7 Å². The maximum absolute atomic E-state index is 11.8. The van der Waals surface area contributed by atoms with Gasteiger partial charge in [-0.2, -0.15) is 0 Å². The van der Waals surface area contributed by atoms with Gasteiger partial charge in [0.1, 0.15) is 0 Å². The monoisotopic (exact) mass is 232 g/mol. The van der Waals surface area contributed by atoms with Crippen LogP contribution in [0.3, 0.4) is 0 Å². The molecule has 0 aliphatic carbocycles. The number of ether oxygens (including phenoxy) is 1. The molecule has 0 saturated carbocycles. The molecule has 0 bridgehead atoms. The maximum Gasteiger partial charge on any atom is 0.328 e. The van der Waals surface area contributed by atoms with Gasteiger partial charge in [-0.05, 0) is 12.5 Å². The van der Waals surface area contributed by atoms with Gasteiger partial charge in [0.15, 0.2) is 0 Å². The maximum atomic E-state index is 11.8. The summed E-state index contributed by atoms with van der Waals surface area (Å²) in [5, 5.41) is 3.62. The first-order valence-corrected chi connectivity index (χ1v) is 5.73. The Morgan fingerprint density at radius 3 is 2.88 bits per heavy atom. The lowest BCUT2D eigenvalue weighted by Crippen LogP contribution is -2.25. The summed E-state index contributed by atoms with van der Waals surface area (Å²) in [4.78, 5) is 11.8. The van der Waals surface area contributed by atoms with Crippen LogP contribution in [0.2, 0.25) is 0 Å². The molecule has 1 aromatic heterocycles. The second-order valence-corrected chi connectivity index (χ2v) is 3.78. The molecule has 0 radical (unpaired) electrons. The van der Waals surface area contributed by atoms with E-state index >= 15 is 0 Å². The third kappa shape index (κ3) is 2.11. The van der Waals surface area contributed by atoms with Gasteiger partial charge in [0.25, 0.3) is 0 Å². The zero-order chi connectivity index (χ0) is 12.3. The molecule has 0 aliphatic heterocycles. The molecular formula is C13H16N2O2. The summed E-state index contributed by atoms with van der Waals surface area (Å²) < 4.78 is 7.16. The third-order valence-electron chi connectivity index (χ3n) is 2.55. The number of rotatable bonds is 3. The standard InChI is InChI=1S/C13H16N2O2/c1-3-8-17-12-9-10-6-4-5-7-11(10)15(12)13(16)14-2/h4-7,9H,3,8H2,1-2H3,(H,14,16). The third-order valence-corrected chi connectivity index (χ3v) is 2.55. The minimum Gasteiger partial charge on any atom is -0.478 e. The number of hydrogen-bond acceptors (Lipinski definition) is 2. The van der Waals surface area contributed by atoms with Crippen molar-refractivity contribution >= 4 is 16.9 Å². The van der Waals surface area contributed by atoms with Gasteiger partial charge in [-0.25, -0.2) is 9.36 Å². The van der Waals surface area contributed by atoms with Crippen molar-refractivity contribution in [2.45, 2.75) is 13.3 Å². The van der Waals surface area contributed by atoms with Gasteiger partial charge in [0.2, 0.25) is 5.88 Å². The van der Waals surface area contributed by atoms with Crippen LogP contribution in [0, 0.1) is 0 Å². The first-order valence-electron chi connectivity index (χ1n) is 5.73. The number of amides is 1. The highest BCUT2D eigenvalue weighted by Crippen LogP contribution is 2.25. The second-order valence-electron chi connectivity index (χ2n) is 3.78. The first kappa shape index (κ1) is 11.5. The minimum absolute atomic E-state index is 0.183. The van der Waals surface area contributed by atoms with Gasteiger partial charge in [-0.15, -0.1) is 0 Å². The van der Waals surface area contributed by atoms with E-state index in [4.69, 9.17) is 4.74 Å². The Bertz CT molecular complexity index is 531. The molecule has 0 fully saturated rings. The number of nitrogens with zero attached hydrogens (tertiary/aromatic N) is 1. The predicted molar refractivity (Wildman–Crippen MR) is 67.6 cm³/mol. The Morgan fingerprint density at radius 2 is 2.18 bits per heavy atom. The van der Waals surface area contributed by atoms with Gasteiger partial charge in [-0.1, -0.05) is 25.1 Å². The van der Waals surface area contributed by atoms with Crippen LogP contribution >= 0.6 is 0 Å². The quantitative estimate of drug-likeness (QED) is 0.884. The topological polar surface area (TPSA) is 43.3 Å². The lowest BCUT2D eigenvalue weighted by atomic mass is 10.2. The van der Waals surface area contributed by atoms with Crippen molar-refractivity contribution in [1.29, 1.82) is 0 Å². The molecule has 0 saturated heterocycles. The van der Waals surface area contributed by atoms with Gasteiger partial charge in [-0.3, -0.25) is 0 Å². The zero-order valence-electron chi connectivity index (χ0n) is 10.1. The Labute approximate surface area is 100 Å². The summed E-state index contributed by atoms with van der Waals surface area (Å²) in [7, 11) is 1.61. The molecule has 4 heteroatoms. The molecule has 1 aromatic carbocycles. The van der Waals surface area contributed by atoms with Crippen molar-refractivity contribution in [3.8, 4) is 5.88 Å². The van der Waals surface area contributed by atoms with Gasteiger partial charge >= 0.3 is 6.03 Å². The van der Waals surface area contributed by atoms with Crippen LogP contribution in [-0.2, 0) is 0 Å². The SMILES string of the molecule is CCCOc1cc2ccccc2n1C(=O)NC. The minimum atomic E-state index is -0.183. The van der Waals surface area contributed by atoms with Crippen LogP contribution in [0.25, 0.3) is 10.9 Å². The fraction of sp³-hybridized carbons (Fsp3) is 0.308. The summed E-state index contributed by atoms with van der Waals surface area (Å²) in [6.07, 6.45) is 0.912. The number of nitrogens with one attached hydrogen (secondary N) is 1. The molecule has 2 rings (SSSR count). The van der Waals surface area contributed by atoms with E-state index in [0.717, 1.165) is 17.3 Å². The normalized spacial score (nSPS) is 10.5. The number of fused-ring (bicyclic) bond motifs is 1. The number of hydrogen-bond donors (Lipinski definition) is 1. The second kappa shape index (κ2) is 4.91. The van der Waals surface area contributed by atoms with Gasteiger partial charge in [0, 0.05) is 18.5 Å². The molecule has 1 heterocycles. The molecule has 1 N–H and O–H groups in total. The highest BCUT2D eigenvalue weighted by molar-refractivity contribution is 5.93. The number of para-hydroxylation sites is 1. The van der Waals surface area contributed by atoms with Crippen LogP contribution < -0.4 is 10.1 Å². The largest absolute Gasteiger partial charge is 0.478 e. The van der Waals surface area contributed by atoms with Crippen LogP contribution in [0.5, 0.6) is 5.88 Å². The molecular weight excluding hydrogens is 216 g/mol. The first-order chi connectivity index (χ1) is 8.27. The van der Waals surface area contributed by atoms with Gasteiger partial charge < -0.3 is 10.1 Å². The molecule has 1 amide bonds. The van der Waals surface area contributed by atoms with E-state index in [2.05, 4.69) is 5.32 Å². The Balaban J connectivity index is 2.52. The van der Waals surface area contributed by atoms with E-state index < -0.39 is 0 Å². The summed E-state index contributed by atoms with van der Waals surface area (Å²) in [6, 6.07) is 9.43. The Hall–Kier alpha value is -1.97. The molecule has 0 aliphatic rings. The highest BCUT2D eigenvalue weighted by atomic mass is 16.5. The van der Waals surface area contributed by atoms with Crippen LogP contribution in [-0.4, -0.2) is 24.3 Å². The molecule has 90 valence electrons. The van der Waals surface area contributed by atoms with Crippen molar-refractivity contribution in [1.82, 2.24) is 9.88 Å². The van der Waals surface area contributed by atoms with E-state index in [9.17, 15) is 4.79 Å². The highest BCUT2D eigenvalue weighted by Gasteiger charge is 2.14. The lowest BCUT2D eigenvalue weighted by molar-refractivity contribution is 0.237. The molecule has 0 atom stereocenters. The van der Waals surface area contributed by atoms with E-state index in [1.54, 1.807) is 11.6 Å². The molecule has 2 aromatic rings. The Kier molecular flexibility index (Phi) is 3.32. The van der Waals surface area contributed by atoms with E-state index in [1.165, 1.54) is 0 Å². The fourth-order valence-electron chi connectivity index (χ4n) is 1.76. The fourth-order valence-corrected chi connectivity index (χ4v) is 1.76. The Morgan fingerprint density at radius 1 is 1.41 bits per heavy atom. The summed E-state index contributed by atoms with van der Waals surface area (Å²) in [5.74, 6) is 0.590. The average molecular weight is 232 g/mol. The van der Waals surface area contributed by atoms with Crippen molar-refractivity contribution < 1.29 is 9.53 Å². The average Bonchev–Trinajstić information content (AvgIpc) is 2.73. The molecule has 0 spiro atoms. The van der Waals surface area contributed by atoms with E-state index in [0.29, 0.717) is 12.5 Å². The predicted octanol–water partition coefficient (Wildman–Crippen LogP) is 2.62.